The minimum absolute atomic E-state index is 0.00791. The lowest BCUT2D eigenvalue weighted by atomic mass is 10.00. The summed E-state index contributed by atoms with van der Waals surface area (Å²) in [5, 5.41) is 55.0. The maximum atomic E-state index is 14.5. The van der Waals surface area contributed by atoms with E-state index in [0.717, 1.165) is 13.3 Å². The Morgan fingerprint density at radius 2 is 1.13 bits per heavy atom. The Balaban J connectivity index is 1.81. The number of aliphatic imine (C=N–C) groups is 1. The van der Waals surface area contributed by atoms with Crippen molar-refractivity contribution in [3.05, 3.63) is 35.9 Å². The molecule has 0 spiro atoms. The Kier molecular flexibility index (Phi) is 30.0. The number of hydrogen-bond donors (Lipinski definition) is 16. The number of aliphatic hydroxyl groups is 2. The average Bonchev–Trinajstić information content (AvgIpc) is 3.64. The Hall–Kier alpha value is -7.50. The van der Waals surface area contributed by atoms with E-state index in [1.165, 1.54) is 11.8 Å². The van der Waals surface area contributed by atoms with Gasteiger partial charge in [-0.15, -0.1) is 0 Å². The molecule has 1 aromatic carbocycles. The van der Waals surface area contributed by atoms with Crippen molar-refractivity contribution in [1.29, 1.82) is 0 Å². The molecule has 0 saturated carbocycles. The van der Waals surface area contributed by atoms with Gasteiger partial charge in [0.25, 0.3) is 0 Å². The van der Waals surface area contributed by atoms with Gasteiger partial charge in [0.15, 0.2) is 5.96 Å². The van der Waals surface area contributed by atoms with Gasteiger partial charge in [0, 0.05) is 19.5 Å². The van der Waals surface area contributed by atoms with E-state index in [0.29, 0.717) is 44.3 Å². The van der Waals surface area contributed by atoms with Gasteiger partial charge in [-0.05, 0) is 115 Å². The summed E-state index contributed by atoms with van der Waals surface area (Å²) in [7, 11) is 0. The number of benzene rings is 1. The van der Waals surface area contributed by atoms with E-state index >= 15 is 0 Å². The number of hydrogen-bond acceptors (Lipinski definition) is 16. The van der Waals surface area contributed by atoms with Gasteiger partial charge >= 0.3 is 5.97 Å². The number of rotatable bonds is 36. The fourth-order valence-corrected chi connectivity index (χ4v) is 9.73. The third kappa shape index (κ3) is 24.0. The summed E-state index contributed by atoms with van der Waals surface area (Å²) >= 11 is 0. The second kappa shape index (κ2) is 35.6. The van der Waals surface area contributed by atoms with Crippen LogP contribution in [0.3, 0.4) is 0 Å². The highest BCUT2D eigenvalue weighted by Gasteiger charge is 2.42. The van der Waals surface area contributed by atoms with Gasteiger partial charge in [-0.25, -0.2) is 4.79 Å². The number of likely N-dealkylation sites (tertiary alicyclic amines) is 1. The van der Waals surface area contributed by atoms with Crippen LogP contribution in [0, 0.1) is 11.8 Å². The highest BCUT2D eigenvalue weighted by molar-refractivity contribution is 5.99. The summed E-state index contributed by atoms with van der Waals surface area (Å²) < 4.78 is 0. The molecule has 20 N–H and O–H groups in total. The summed E-state index contributed by atoms with van der Waals surface area (Å²) in [5.74, 6) is -10.9. The number of carboxylic acid groups (broad SMARTS) is 1. The number of primary amides is 1. The second-order valence-corrected chi connectivity index (χ2v) is 22.4. The number of guanidine groups is 1. The van der Waals surface area contributed by atoms with E-state index in [2.05, 4.69) is 52.8 Å². The lowest BCUT2D eigenvalue weighted by Gasteiger charge is -2.32. The molecule has 2 saturated heterocycles. The molecule has 0 aliphatic carbocycles. The number of aliphatic hydroxyl groups excluding tert-OH is 2. The highest BCUT2D eigenvalue weighted by Crippen LogP contribution is 2.21. The van der Waals surface area contributed by atoms with Gasteiger partial charge in [-0.1, -0.05) is 58.0 Å². The van der Waals surface area contributed by atoms with Crippen LogP contribution < -0.4 is 70.8 Å². The first-order valence-electron chi connectivity index (χ1n) is 28.8. The fraction of sp³-hybridized carbons (Fsp3) is 0.673. The smallest absolute Gasteiger partial charge is 0.326 e. The maximum Gasteiger partial charge on any atom is 0.326 e. The van der Waals surface area contributed by atoms with Crippen molar-refractivity contribution < 1.29 is 68.1 Å². The van der Waals surface area contributed by atoms with Crippen molar-refractivity contribution in [2.45, 2.75) is 198 Å². The number of carbonyl (C=O) groups is 11. The maximum absolute atomic E-state index is 14.5. The van der Waals surface area contributed by atoms with Crippen LogP contribution in [0.1, 0.15) is 124 Å². The van der Waals surface area contributed by atoms with Gasteiger partial charge in [0.05, 0.1) is 24.7 Å². The molecule has 2 aliphatic heterocycles. The van der Waals surface area contributed by atoms with E-state index in [9.17, 15) is 68.1 Å². The first-order chi connectivity index (χ1) is 39.6. The summed E-state index contributed by atoms with van der Waals surface area (Å²) in [5.41, 5.74) is 22.9. The SMILES string of the molecule is CC(C)C[C@H](NC(=O)[C@H](CC(N)=O)NC(=O)[C@H](CC(C)C)NC(=O)[C@@H](NC(=O)[C@@H](NC(=O)[C@@H]1CCCN1C(=O)[C@H](CCCN=C(N)N)NC(=O)[C@H](CCCCN)NC(=O)[C@@H]1CCCN1)[C@@H](C)O)[C@@H](C)O)C(=O)N[C@@H](Cc1ccccc1)C(=O)O. The van der Waals surface area contributed by atoms with E-state index in [-0.39, 0.29) is 81.7 Å². The largest absolute Gasteiger partial charge is 0.480 e. The van der Waals surface area contributed by atoms with Crippen LogP contribution >= 0.6 is 0 Å². The van der Waals surface area contributed by atoms with Crippen LogP contribution in [0.15, 0.2) is 35.3 Å². The molecule has 2 heterocycles. The van der Waals surface area contributed by atoms with Gasteiger partial charge in [0.1, 0.15) is 54.4 Å². The van der Waals surface area contributed by atoms with Crippen LogP contribution in [0.25, 0.3) is 0 Å². The molecule has 3 rings (SSSR count). The number of amides is 10. The lowest BCUT2D eigenvalue weighted by molar-refractivity contribution is -0.143. The summed E-state index contributed by atoms with van der Waals surface area (Å²) in [6.07, 6.45) is -0.990. The van der Waals surface area contributed by atoms with E-state index in [1.54, 1.807) is 58.0 Å². The number of nitrogens with zero attached hydrogens (tertiary/aromatic N) is 2. The number of nitrogens with two attached hydrogens (primary N) is 4. The first kappa shape index (κ1) is 70.8. The Labute approximate surface area is 489 Å². The molecule has 12 atom stereocenters. The highest BCUT2D eigenvalue weighted by atomic mass is 16.4. The van der Waals surface area contributed by atoms with Crippen LogP contribution in [-0.4, -0.2) is 190 Å². The van der Waals surface area contributed by atoms with Crippen molar-refractivity contribution in [2.75, 3.05) is 26.2 Å². The standard InChI is InChI=1S/C55H91N15O14/c1-29(2)25-37(48(77)67-40(54(83)84)27-33-15-8-7-9-16-33)64-49(78)39(28-42(57)73)65-47(76)38(26-30(3)4)66-51(80)43(31(5)71)69-52(81)44(32(6)72)68-50(79)41-20-14-24-70(41)53(82)36(19-13-23-61-55(58)59)63-46(75)35(17-10-11-21-56)62-45(74)34-18-12-22-60-34/h7-9,15-16,29-32,34-41,43-44,60,71-72H,10-14,17-28,56H2,1-6H3,(H2,57,73)(H,62,74)(H,63,75)(H,64,78)(H,65,76)(H,66,80)(H,67,77)(H,68,79)(H,69,81)(H,83,84)(H4,58,59,61)/t31-,32-,34+,35+,36+,37+,38+,39+,40+,41+,43+,44+/m1/s1. The Morgan fingerprint density at radius 3 is 1.67 bits per heavy atom. The van der Waals surface area contributed by atoms with Crippen LogP contribution in [0.2, 0.25) is 0 Å². The summed E-state index contributed by atoms with van der Waals surface area (Å²) in [6.45, 7) is 10.3. The van der Waals surface area contributed by atoms with E-state index in [4.69, 9.17) is 22.9 Å². The molecule has 0 radical (unpaired) electrons. The van der Waals surface area contributed by atoms with Gasteiger partial charge < -0.3 is 91.0 Å². The normalized spacial score (nSPS) is 18.4. The molecule has 84 heavy (non-hydrogen) atoms. The third-order valence-electron chi connectivity index (χ3n) is 14.1. The van der Waals surface area contributed by atoms with Gasteiger partial charge in [-0.3, -0.25) is 52.9 Å². The molecular weight excluding hydrogens is 1090 g/mol. The molecule has 29 heteroatoms. The quantitative estimate of drug-likeness (QED) is 0.0172. The fourth-order valence-electron chi connectivity index (χ4n) is 9.73. The Bertz CT molecular complexity index is 2420. The summed E-state index contributed by atoms with van der Waals surface area (Å²) in [6, 6.07) is -5.07. The summed E-state index contributed by atoms with van der Waals surface area (Å²) in [4.78, 5) is 155. The van der Waals surface area contributed by atoms with Crippen LogP contribution in [0.5, 0.6) is 0 Å². The third-order valence-corrected chi connectivity index (χ3v) is 14.1. The molecule has 0 unspecified atom stereocenters. The number of aliphatic carboxylic acids is 1. The van der Waals surface area contributed by atoms with Crippen LogP contribution in [0.4, 0.5) is 0 Å². The zero-order valence-corrected chi connectivity index (χ0v) is 49.0. The Morgan fingerprint density at radius 1 is 0.607 bits per heavy atom. The van der Waals surface area contributed by atoms with Crippen LogP contribution in [-0.2, 0) is 59.2 Å². The number of unbranched alkanes of at least 4 members (excludes halogenated alkanes) is 1. The predicted octanol–water partition coefficient (Wildman–Crippen LogP) is -4.15. The monoisotopic (exact) mass is 1190 g/mol. The lowest BCUT2D eigenvalue weighted by Crippen LogP contribution is -2.63. The second-order valence-electron chi connectivity index (χ2n) is 22.4. The molecule has 2 aliphatic rings. The van der Waals surface area contributed by atoms with E-state index < -0.39 is 138 Å². The first-order valence-corrected chi connectivity index (χ1v) is 28.8. The molecule has 0 bridgehead atoms. The van der Waals surface area contributed by atoms with E-state index in [1.807, 2.05) is 0 Å². The van der Waals surface area contributed by atoms with Crippen molar-refractivity contribution in [1.82, 2.24) is 52.8 Å². The number of nitrogens with one attached hydrogen (secondary N) is 9. The zero-order chi connectivity index (χ0) is 62.8. The minimum Gasteiger partial charge on any atom is -0.480 e. The minimum atomic E-state index is -1.85. The molecule has 470 valence electrons. The molecular formula is C55H91N15O14. The molecule has 1 aromatic rings. The van der Waals surface area contributed by atoms with Crippen molar-refractivity contribution in [3.63, 3.8) is 0 Å². The average molecular weight is 1190 g/mol. The predicted molar refractivity (Wildman–Crippen MR) is 308 cm³/mol. The molecule has 10 amide bonds. The molecule has 2 fully saturated rings. The van der Waals surface area contributed by atoms with Crippen molar-refractivity contribution in [2.24, 2.45) is 39.8 Å². The number of carboxylic acids is 1. The number of carbonyl (C=O) groups excluding carboxylic acids is 10. The molecule has 0 aromatic heterocycles. The zero-order valence-electron chi connectivity index (χ0n) is 49.0. The molecule has 29 nitrogen and oxygen atoms in total. The van der Waals surface area contributed by atoms with Crippen molar-refractivity contribution in [3.8, 4) is 0 Å². The van der Waals surface area contributed by atoms with Gasteiger partial charge in [-0.2, -0.15) is 0 Å². The topological polar surface area (TPSA) is 476 Å². The van der Waals surface area contributed by atoms with Crippen molar-refractivity contribution >= 4 is 71.0 Å². The van der Waals surface area contributed by atoms with Gasteiger partial charge in [0.2, 0.25) is 59.1 Å².